The van der Waals surface area contributed by atoms with Crippen LogP contribution in [0.25, 0.3) is 5.69 Å². The van der Waals surface area contributed by atoms with Gasteiger partial charge in [-0.2, -0.15) is 5.10 Å². The average Bonchev–Trinajstić information content (AvgIpc) is 3.25. The Morgan fingerprint density at radius 3 is 2.57 bits per heavy atom. The van der Waals surface area contributed by atoms with Gasteiger partial charge in [0.2, 0.25) is 0 Å². The zero-order valence-electron chi connectivity index (χ0n) is 16.6. The van der Waals surface area contributed by atoms with Gasteiger partial charge in [0.15, 0.2) is 5.96 Å². The van der Waals surface area contributed by atoms with E-state index in [-0.39, 0.29) is 0 Å². The maximum Gasteiger partial charge on any atom is 0.191 e. The third-order valence-electron chi connectivity index (χ3n) is 4.36. The number of aromatic nitrogens is 2. The van der Waals surface area contributed by atoms with Gasteiger partial charge in [-0.15, -0.1) is 0 Å². The number of nitrogens with one attached hydrogen (secondary N) is 2. The first-order chi connectivity index (χ1) is 13.7. The number of benzene rings is 2. The summed E-state index contributed by atoms with van der Waals surface area (Å²) < 4.78 is 7.59. The van der Waals surface area contributed by atoms with Crippen LogP contribution in [0.3, 0.4) is 0 Å². The number of hydrogen-bond acceptors (Lipinski definition) is 3. The van der Waals surface area contributed by atoms with Crippen LogP contribution in [0, 0.1) is 6.92 Å². The summed E-state index contributed by atoms with van der Waals surface area (Å²) in [5.74, 6) is 1.67. The van der Waals surface area contributed by atoms with Crippen molar-refractivity contribution in [2.75, 3.05) is 13.7 Å². The number of aliphatic imine (C=N–C) groups is 1. The van der Waals surface area contributed by atoms with Crippen LogP contribution >= 0.6 is 0 Å². The molecule has 2 aromatic carbocycles. The standard InChI is InChI=1S/C22H27N5O/c1-4-28-21-14-17(2)6-9-19(21)16-25-22(23-3)24-15-18-7-10-20(11-8-18)27-13-5-12-26-27/h5-14H,4,15-16H2,1-3H3,(H2,23,24,25). The Bertz CT molecular complexity index is 901. The molecule has 0 unspecified atom stereocenters. The van der Waals surface area contributed by atoms with Gasteiger partial charge in [-0.1, -0.05) is 24.3 Å². The van der Waals surface area contributed by atoms with E-state index in [1.54, 1.807) is 13.2 Å². The van der Waals surface area contributed by atoms with Crippen LogP contribution in [0.15, 0.2) is 65.9 Å². The average molecular weight is 377 g/mol. The molecule has 6 heteroatoms. The smallest absolute Gasteiger partial charge is 0.191 e. The summed E-state index contributed by atoms with van der Waals surface area (Å²) in [6, 6.07) is 16.5. The first-order valence-electron chi connectivity index (χ1n) is 9.45. The van der Waals surface area contributed by atoms with Crippen LogP contribution in [-0.4, -0.2) is 29.4 Å². The van der Waals surface area contributed by atoms with Crippen molar-refractivity contribution in [1.29, 1.82) is 0 Å². The second-order valence-corrected chi connectivity index (χ2v) is 6.44. The van der Waals surface area contributed by atoms with Gasteiger partial charge in [0.05, 0.1) is 12.3 Å². The topological polar surface area (TPSA) is 63.5 Å². The lowest BCUT2D eigenvalue weighted by molar-refractivity contribution is 0.336. The minimum Gasteiger partial charge on any atom is -0.494 e. The third kappa shape index (κ3) is 5.13. The summed E-state index contributed by atoms with van der Waals surface area (Å²) in [5.41, 5.74) is 4.51. The van der Waals surface area contributed by atoms with E-state index >= 15 is 0 Å². The predicted molar refractivity (Wildman–Crippen MR) is 113 cm³/mol. The lowest BCUT2D eigenvalue weighted by Gasteiger charge is -2.15. The summed E-state index contributed by atoms with van der Waals surface area (Å²) >= 11 is 0. The highest BCUT2D eigenvalue weighted by Gasteiger charge is 2.06. The highest BCUT2D eigenvalue weighted by atomic mass is 16.5. The molecule has 6 nitrogen and oxygen atoms in total. The molecule has 0 atom stereocenters. The van der Waals surface area contributed by atoms with Crippen molar-refractivity contribution in [3.8, 4) is 11.4 Å². The first-order valence-corrected chi connectivity index (χ1v) is 9.45. The molecule has 0 aliphatic carbocycles. The van der Waals surface area contributed by atoms with Crippen LogP contribution < -0.4 is 15.4 Å². The number of nitrogens with zero attached hydrogens (tertiary/aromatic N) is 3. The normalized spacial score (nSPS) is 11.3. The zero-order valence-corrected chi connectivity index (χ0v) is 16.6. The van der Waals surface area contributed by atoms with Gasteiger partial charge in [0.25, 0.3) is 0 Å². The van der Waals surface area contributed by atoms with Gasteiger partial charge in [0.1, 0.15) is 5.75 Å². The van der Waals surface area contributed by atoms with Crippen molar-refractivity contribution in [2.45, 2.75) is 26.9 Å². The predicted octanol–water partition coefficient (Wildman–Crippen LogP) is 3.44. The summed E-state index contributed by atoms with van der Waals surface area (Å²) in [4.78, 5) is 4.31. The fourth-order valence-electron chi connectivity index (χ4n) is 2.87. The van der Waals surface area contributed by atoms with Crippen molar-refractivity contribution in [1.82, 2.24) is 20.4 Å². The van der Waals surface area contributed by atoms with E-state index in [9.17, 15) is 0 Å². The Morgan fingerprint density at radius 1 is 1.11 bits per heavy atom. The quantitative estimate of drug-likeness (QED) is 0.489. The Hall–Kier alpha value is -3.28. The molecule has 3 rings (SSSR count). The SMILES string of the molecule is CCOc1cc(C)ccc1CNC(=NC)NCc1ccc(-n2cccn2)cc1. The number of aryl methyl sites for hydroxylation is 1. The van der Waals surface area contributed by atoms with Crippen LogP contribution in [-0.2, 0) is 13.1 Å². The lowest BCUT2D eigenvalue weighted by atomic mass is 10.1. The second kappa shape index (κ2) is 9.60. The van der Waals surface area contributed by atoms with E-state index < -0.39 is 0 Å². The minimum absolute atomic E-state index is 0.646. The van der Waals surface area contributed by atoms with Crippen molar-refractivity contribution < 1.29 is 4.74 Å². The van der Waals surface area contributed by atoms with Crippen LogP contribution in [0.1, 0.15) is 23.6 Å². The molecular weight excluding hydrogens is 350 g/mol. The van der Waals surface area contributed by atoms with Crippen LogP contribution in [0.4, 0.5) is 0 Å². The molecule has 0 amide bonds. The van der Waals surface area contributed by atoms with E-state index in [0.717, 1.165) is 23.0 Å². The number of ether oxygens (including phenoxy) is 1. The highest BCUT2D eigenvalue weighted by Crippen LogP contribution is 2.20. The Kier molecular flexibility index (Phi) is 6.68. The molecule has 146 valence electrons. The second-order valence-electron chi connectivity index (χ2n) is 6.44. The molecule has 1 aromatic heterocycles. The molecule has 0 fully saturated rings. The molecule has 28 heavy (non-hydrogen) atoms. The summed E-state index contributed by atoms with van der Waals surface area (Å²) in [7, 11) is 1.77. The van der Waals surface area contributed by atoms with Gasteiger partial charge < -0.3 is 15.4 Å². The first kappa shape index (κ1) is 19.5. The van der Waals surface area contributed by atoms with Gasteiger partial charge in [0, 0.05) is 38.1 Å². The van der Waals surface area contributed by atoms with Crippen LogP contribution in [0.5, 0.6) is 5.75 Å². The summed E-state index contributed by atoms with van der Waals surface area (Å²) in [6.07, 6.45) is 3.71. The molecule has 3 aromatic rings. The van der Waals surface area contributed by atoms with E-state index in [1.165, 1.54) is 11.1 Å². The number of guanidine groups is 1. The van der Waals surface area contributed by atoms with E-state index in [1.807, 2.05) is 23.9 Å². The summed E-state index contributed by atoms with van der Waals surface area (Å²) in [5, 5.41) is 10.9. The Balaban J connectivity index is 1.55. The lowest BCUT2D eigenvalue weighted by Crippen LogP contribution is -2.36. The van der Waals surface area contributed by atoms with Crippen LogP contribution in [0.2, 0.25) is 0 Å². The van der Waals surface area contributed by atoms with Gasteiger partial charge in [-0.25, -0.2) is 4.68 Å². The van der Waals surface area contributed by atoms with Gasteiger partial charge >= 0.3 is 0 Å². The number of rotatable bonds is 7. The fourth-order valence-corrected chi connectivity index (χ4v) is 2.87. The molecule has 2 N–H and O–H groups in total. The molecule has 0 spiro atoms. The maximum atomic E-state index is 5.75. The number of hydrogen-bond donors (Lipinski definition) is 2. The monoisotopic (exact) mass is 377 g/mol. The van der Waals surface area contributed by atoms with E-state index in [4.69, 9.17) is 4.74 Å². The highest BCUT2D eigenvalue weighted by molar-refractivity contribution is 5.79. The molecule has 0 bridgehead atoms. The van der Waals surface area contributed by atoms with Gasteiger partial charge in [-0.3, -0.25) is 4.99 Å². The van der Waals surface area contributed by atoms with Crippen molar-refractivity contribution in [2.24, 2.45) is 4.99 Å². The Labute approximate surface area is 166 Å². The molecular formula is C22H27N5O. The summed E-state index contributed by atoms with van der Waals surface area (Å²) in [6.45, 7) is 6.05. The third-order valence-corrected chi connectivity index (χ3v) is 4.36. The zero-order chi connectivity index (χ0) is 19.8. The maximum absolute atomic E-state index is 5.75. The molecule has 0 saturated heterocycles. The molecule has 0 saturated carbocycles. The van der Waals surface area contributed by atoms with E-state index in [0.29, 0.717) is 19.7 Å². The largest absolute Gasteiger partial charge is 0.494 e. The minimum atomic E-state index is 0.646. The van der Waals surface area contributed by atoms with E-state index in [2.05, 4.69) is 70.1 Å². The molecule has 0 radical (unpaired) electrons. The molecule has 0 aliphatic rings. The fraction of sp³-hybridized carbons (Fsp3) is 0.273. The van der Waals surface area contributed by atoms with Crippen molar-refractivity contribution in [3.05, 3.63) is 77.6 Å². The Morgan fingerprint density at radius 2 is 1.89 bits per heavy atom. The van der Waals surface area contributed by atoms with Gasteiger partial charge in [-0.05, 0) is 49.2 Å². The molecule has 0 aliphatic heterocycles. The molecule has 1 heterocycles. The van der Waals surface area contributed by atoms with Crippen molar-refractivity contribution in [3.63, 3.8) is 0 Å². The van der Waals surface area contributed by atoms with Crippen molar-refractivity contribution >= 4 is 5.96 Å².